The minimum atomic E-state index is -0.582. The van der Waals surface area contributed by atoms with Gasteiger partial charge < -0.3 is 9.15 Å². The zero-order valence-corrected chi connectivity index (χ0v) is 17.5. The lowest BCUT2D eigenvalue weighted by molar-refractivity contribution is -0.117. The van der Waals surface area contributed by atoms with Crippen LogP contribution in [-0.4, -0.2) is 24.9 Å². The third-order valence-electron chi connectivity index (χ3n) is 4.50. The van der Waals surface area contributed by atoms with Crippen LogP contribution in [0.4, 0.5) is 5.69 Å². The highest BCUT2D eigenvalue weighted by Crippen LogP contribution is 2.29. The smallest absolute Gasteiger partial charge is 0.337 e. The molecule has 4 rings (SSSR count). The van der Waals surface area contributed by atoms with Gasteiger partial charge in [-0.15, -0.1) is 0 Å². The summed E-state index contributed by atoms with van der Waals surface area (Å²) in [5.74, 6) is -0.762. The number of carbonyl (C=O) groups excluding carboxylic acids is 3. The Labute approximate surface area is 186 Å². The second-order valence-electron chi connectivity index (χ2n) is 6.54. The fourth-order valence-corrected chi connectivity index (χ4v) is 3.54. The van der Waals surface area contributed by atoms with E-state index in [0.717, 1.165) is 10.6 Å². The first kappa shape index (κ1) is 20.7. The number of hydrogen-bond acceptors (Lipinski definition) is 5. The molecule has 9 heteroatoms. The van der Waals surface area contributed by atoms with Gasteiger partial charge in [-0.1, -0.05) is 35.3 Å². The number of hydrogen-bond donors (Lipinski definition) is 1. The SMILES string of the molecule is COC(=O)c1ccc(-c2ccc(C=C3C(=O)NN(c4cc(Cl)cc(Cl)c4)C3=O)o2)cc1. The van der Waals surface area contributed by atoms with Crippen LogP contribution in [0.15, 0.2) is 64.6 Å². The van der Waals surface area contributed by atoms with Gasteiger partial charge in [-0.3, -0.25) is 15.0 Å². The third-order valence-corrected chi connectivity index (χ3v) is 4.94. The molecule has 0 unspecified atom stereocenters. The molecule has 0 bridgehead atoms. The van der Waals surface area contributed by atoms with Crippen molar-refractivity contribution in [3.05, 3.63) is 81.5 Å². The minimum absolute atomic E-state index is 0.0990. The van der Waals surface area contributed by atoms with Crippen LogP contribution in [-0.2, 0) is 14.3 Å². The maximum atomic E-state index is 12.8. The maximum Gasteiger partial charge on any atom is 0.337 e. The highest BCUT2D eigenvalue weighted by atomic mass is 35.5. The Bertz CT molecular complexity index is 1210. The molecule has 0 spiro atoms. The highest BCUT2D eigenvalue weighted by Gasteiger charge is 2.35. The quantitative estimate of drug-likeness (QED) is 0.354. The van der Waals surface area contributed by atoms with Gasteiger partial charge in [0.1, 0.15) is 17.1 Å². The van der Waals surface area contributed by atoms with Crippen LogP contribution in [0.2, 0.25) is 10.0 Å². The molecule has 0 radical (unpaired) electrons. The number of nitrogens with zero attached hydrogens (tertiary/aromatic N) is 1. The second-order valence-corrected chi connectivity index (χ2v) is 7.41. The second kappa shape index (κ2) is 8.29. The Morgan fingerprint density at radius 1 is 1.03 bits per heavy atom. The van der Waals surface area contributed by atoms with Gasteiger partial charge in [-0.2, -0.15) is 0 Å². The summed E-state index contributed by atoms with van der Waals surface area (Å²) < 4.78 is 10.4. The molecule has 0 aliphatic carbocycles. The first-order chi connectivity index (χ1) is 14.9. The minimum Gasteiger partial charge on any atom is -0.465 e. The van der Waals surface area contributed by atoms with E-state index in [-0.39, 0.29) is 5.57 Å². The van der Waals surface area contributed by atoms with Gasteiger partial charge in [-0.05, 0) is 48.5 Å². The average Bonchev–Trinajstić information content (AvgIpc) is 3.33. The normalized spacial score (nSPS) is 14.8. The summed E-state index contributed by atoms with van der Waals surface area (Å²) in [6, 6.07) is 14.5. The van der Waals surface area contributed by atoms with E-state index in [9.17, 15) is 14.4 Å². The number of methoxy groups -OCH3 is 1. The van der Waals surface area contributed by atoms with Crippen molar-refractivity contribution in [2.75, 3.05) is 12.1 Å². The fourth-order valence-electron chi connectivity index (χ4n) is 3.02. The average molecular weight is 457 g/mol. The van der Waals surface area contributed by atoms with Crippen LogP contribution in [0.3, 0.4) is 0 Å². The van der Waals surface area contributed by atoms with Crippen molar-refractivity contribution in [2.24, 2.45) is 0 Å². The molecule has 1 aromatic heterocycles. The lowest BCUT2D eigenvalue weighted by atomic mass is 10.1. The van der Waals surface area contributed by atoms with Gasteiger partial charge in [0.05, 0.1) is 18.4 Å². The number of ether oxygens (including phenoxy) is 1. The van der Waals surface area contributed by atoms with Crippen LogP contribution >= 0.6 is 23.2 Å². The number of benzene rings is 2. The number of halogens is 2. The molecule has 7 nitrogen and oxygen atoms in total. The van der Waals surface area contributed by atoms with Crippen molar-refractivity contribution in [3.8, 4) is 11.3 Å². The number of furan rings is 1. The Morgan fingerprint density at radius 2 is 1.71 bits per heavy atom. The summed E-state index contributed by atoms with van der Waals surface area (Å²) >= 11 is 12.0. The Kier molecular flexibility index (Phi) is 5.54. The van der Waals surface area contributed by atoms with Crippen LogP contribution in [0, 0.1) is 0 Å². The van der Waals surface area contributed by atoms with Crippen molar-refractivity contribution in [3.63, 3.8) is 0 Å². The number of esters is 1. The number of rotatable bonds is 4. The lowest BCUT2D eigenvalue weighted by Gasteiger charge is -2.15. The van der Waals surface area contributed by atoms with Crippen molar-refractivity contribution in [1.29, 1.82) is 0 Å². The van der Waals surface area contributed by atoms with Gasteiger partial charge in [0.15, 0.2) is 0 Å². The van der Waals surface area contributed by atoms with E-state index < -0.39 is 17.8 Å². The highest BCUT2D eigenvalue weighted by molar-refractivity contribution is 6.36. The van der Waals surface area contributed by atoms with E-state index in [0.29, 0.717) is 32.8 Å². The molecule has 1 fully saturated rings. The zero-order valence-electron chi connectivity index (χ0n) is 16.0. The van der Waals surface area contributed by atoms with Crippen molar-refractivity contribution in [2.45, 2.75) is 0 Å². The number of amides is 2. The first-order valence-electron chi connectivity index (χ1n) is 8.97. The lowest BCUT2D eigenvalue weighted by Crippen LogP contribution is -2.35. The molecule has 31 heavy (non-hydrogen) atoms. The van der Waals surface area contributed by atoms with Crippen LogP contribution in [0.5, 0.6) is 0 Å². The molecule has 0 atom stereocenters. The molecular formula is C22H14Cl2N2O5. The largest absolute Gasteiger partial charge is 0.465 e. The van der Waals surface area contributed by atoms with Crippen LogP contribution in [0.25, 0.3) is 17.4 Å². The van der Waals surface area contributed by atoms with E-state index in [4.69, 9.17) is 27.6 Å². The molecule has 1 aliphatic rings. The summed E-state index contributed by atoms with van der Waals surface area (Å²) in [4.78, 5) is 36.7. The molecule has 0 saturated carbocycles. The van der Waals surface area contributed by atoms with E-state index in [1.165, 1.54) is 31.4 Å². The molecule has 1 N–H and O–H groups in total. The molecule has 2 aromatic carbocycles. The van der Waals surface area contributed by atoms with Gasteiger partial charge in [-0.25, -0.2) is 9.80 Å². The predicted octanol–water partition coefficient (Wildman–Crippen LogP) is 4.50. The van der Waals surface area contributed by atoms with Gasteiger partial charge >= 0.3 is 5.97 Å². The standard InChI is InChI=1S/C22H14Cl2N2O5/c1-30-22(29)13-4-2-12(3-5-13)19-7-6-17(31-19)11-18-20(27)25-26(21(18)28)16-9-14(23)8-15(24)10-16/h2-11H,1H3,(H,25,27). The molecule has 3 aromatic rings. The van der Waals surface area contributed by atoms with E-state index in [1.807, 2.05) is 0 Å². The molecule has 2 heterocycles. The fraction of sp³-hybridized carbons (Fsp3) is 0.0455. The zero-order chi connectivity index (χ0) is 22.1. The monoisotopic (exact) mass is 456 g/mol. The summed E-state index contributed by atoms with van der Waals surface area (Å²) in [7, 11) is 1.31. The summed E-state index contributed by atoms with van der Waals surface area (Å²) in [5, 5.41) is 1.73. The third kappa shape index (κ3) is 4.19. The molecule has 1 saturated heterocycles. The topological polar surface area (TPSA) is 88.9 Å². The number of hydrazine groups is 1. The van der Waals surface area contributed by atoms with Gasteiger partial charge in [0.2, 0.25) is 0 Å². The number of nitrogens with one attached hydrogen (secondary N) is 1. The van der Waals surface area contributed by atoms with Gasteiger partial charge in [0.25, 0.3) is 11.8 Å². The predicted molar refractivity (Wildman–Crippen MR) is 116 cm³/mol. The molecule has 2 amide bonds. The van der Waals surface area contributed by atoms with Crippen LogP contribution in [0.1, 0.15) is 16.1 Å². The van der Waals surface area contributed by atoms with E-state index >= 15 is 0 Å². The summed E-state index contributed by atoms with van der Waals surface area (Å²) in [6.45, 7) is 0. The Balaban J connectivity index is 1.58. The van der Waals surface area contributed by atoms with Crippen molar-refractivity contribution < 1.29 is 23.5 Å². The van der Waals surface area contributed by atoms with E-state index in [2.05, 4.69) is 10.2 Å². The Morgan fingerprint density at radius 3 is 2.35 bits per heavy atom. The first-order valence-corrected chi connectivity index (χ1v) is 9.73. The summed E-state index contributed by atoms with van der Waals surface area (Å²) in [6.07, 6.45) is 1.36. The molecule has 1 aliphatic heterocycles. The number of anilines is 1. The van der Waals surface area contributed by atoms with Crippen molar-refractivity contribution in [1.82, 2.24) is 5.43 Å². The maximum absolute atomic E-state index is 12.8. The van der Waals surface area contributed by atoms with E-state index in [1.54, 1.807) is 36.4 Å². The summed E-state index contributed by atoms with van der Waals surface area (Å²) in [5.41, 5.74) is 3.85. The molecule has 156 valence electrons. The number of carbonyl (C=O) groups is 3. The Hall–Kier alpha value is -3.55. The van der Waals surface area contributed by atoms with Gasteiger partial charge in [0, 0.05) is 15.6 Å². The molecular weight excluding hydrogens is 443 g/mol. The van der Waals surface area contributed by atoms with Crippen LogP contribution < -0.4 is 10.4 Å². The van der Waals surface area contributed by atoms with Crippen molar-refractivity contribution >= 4 is 52.7 Å².